The lowest BCUT2D eigenvalue weighted by atomic mass is 9.99. The summed E-state index contributed by atoms with van der Waals surface area (Å²) in [4.78, 5) is 36.4. The first-order valence-corrected chi connectivity index (χ1v) is 13.4. The standard InChI is InChI=1S/C29H30FN5O3/c1-16-9-24-23(33-28(36)26-14-32-27(35(24)26)17-5-7-38-8-6-17)12-21(16)29(37)34-15-18-10-22(18)25(34)13-31-20-4-2-3-19(30)11-20/h2-4,9,11-12,14,17-18,22,25,31H,5-8,10,13,15H2,1H3,(H,33,36). The number of rotatable bonds is 5. The molecule has 7 rings (SSSR count). The number of hydrogen-bond acceptors (Lipinski definition) is 5. The number of benzene rings is 2. The second kappa shape index (κ2) is 8.94. The monoisotopic (exact) mass is 515 g/mol. The third-order valence-corrected chi connectivity index (χ3v) is 8.57. The van der Waals surface area contributed by atoms with Gasteiger partial charge in [0, 0.05) is 43.5 Å². The van der Waals surface area contributed by atoms with Gasteiger partial charge < -0.3 is 19.9 Å². The van der Waals surface area contributed by atoms with Gasteiger partial charge in [-0.05, 0) is 73.9 Å². The number of ether oxygens (including phenoxy) is 1. The van der Waals surface area contributed by atoms with E-state index in [4.69, 9.17) is 4.74 Å². The number of hydrogen-bond donors (Lipinski definition) is 2. The molecule has 38 heavy (non-hydrogen) atoms. The van der Waals surface area contributed by atoms with Gasteiger partial charge in [-0.1, -0.05) is 6.07 Å². The van der Waals surface area contributed by atoms with Crippen LogP contribution in [-0.4, -0.2) is 57.5 Å². The van der Waals surface area contributed by atoms with Gasteiger partial charge in [0.1, 0.15) is 17.2 Å². The Labute approximate surface area is 218 Å². The molecule has 196 valence electrons. The Bertz CT molecular complexity index is 1620. The minimum Gasteiger partial charge on any atom is -0.383 e. The van der Waals surface area contributed by atoms with Crippen LogP contribution >= 0.6 is 0 Å². The number of piperidine rings is 1. The van der Waals surface area contributed by atoms with Gasteiger partial charge in [-0.25, -0.2) is 9.37 Å². The third-order valence-electron chi connectivity index (χ3n) is 8.57. The Kier molecular flexibility index (Phi) is 5.51. The number of carbonyl (C=O) groups excluding carboxylic acids is 1. The number of anilines is 1. The van der Waals surface area contributed by atoms with E-state index >= 15 is 0 Å². The molecule has 0 spiro atoms. The largest absolute Gasteiger partial charge is 0.383 e. The Morgan fingerprint density at radius 2 is 2.05 bits per heavy atom. The van der Waals surface area contributed by atoms with E-state index < -0.39 is 0 Å². The predicted octanol–water partition coefficient (Wildman–Crippen LogP) is 4.09. The number of H-pyrrole nitrogens is 1. The number of imidazole rings is 1. The number of aryl methyl sites for hydroxylation is 1. The number of nitrogens with zero attached hydrogens (tertiary/aromatic N) is 3. The lowest BCUT2D eigenvalue weighted by Crippen LogP contribution is -2.42. The van der Waals surface area contributed by atoms with E-state index in [0.717, 1.165) is 42.7 Å². The highest BCUT2D eigenvalue weighted by molar-refractivity contribution is 5.99. The van der Waals surface area contributed by atoms with Crippen molar-refractivity contribution in [2.45, 2.75) is 38.1 Å². The van der Waals surface area contributed by atoms with Crippen molar-refractivity contribution in [3.05, 3.63) is 75.7 Å². The first-order valence-electron chi connectivity index (χ1n) is 13.4. The Hall–Kier alpha value is -3.72. The van der Waals surface area contributed by atoms with Gasteiger partial charge in [0.2, 0.25) is 0 Å². The van der Waals surface area contributed by atoms with Gasteiger partial charge in [0.05, 0.1) is 23.3 Å². The molecule has 2 aromatic carbocycles. The van der Waals surface area contributed by atoms with Crippen LogP contribution in [0.3, 0.4) is 0 Å². The second-order valence-corrected chi connectivity index (χ2v) is 10.9. The predicted molar refractivity (Wildman–Crippen MR) is 142 cm³/mol. The van der Waals surface area contributed by atoms with Crippen LogP contribution in [-0.2, 0) is 4.74 Å². The quantitative estimate of drug-likeness (QED) is 0.418. The number of fused-ring (bicyclic) bond motifs is 4. The molecule has 2 saturated heterocycles. The molecule has 3 aliphatic rings. The normalized spacial score (nSPS) is 23.2. The number of carbonyl (C=O) groups is 1. The number of nitrogens with one attached hydrogen (secondary N) is 2. The summed E-state index contributed by atoms with van der Waals surface area (Å²) in [6, 6.07) is 10.3. The summed E-state index contributed by atoms with van der Waals surface area (Å²) in [6.45, 7) is 4.62. The van der Waals surface area contributed by atoms with E-state index in [2.05, 4.69) is 15.3 Å². The van der Waals surface area contributed by atoms with Crippen molar-refractivity contribution < 1.29 is 13.9 Å². The maximum absolute atomic E-state index is 13.9. The molecule has 2 aliphatic heterocycles. The number of aromatic amines is 1. The van der Waals surface area contributed by atoms with Crippen molar-refractivity contribution in [2.24, 2.45) is 11.8 Å². The van der Waals surface area contributed by atoms with Crippen LogP contribution in [0, 0.1) is 24.6 Å². The average molecular weight is 516 g/mol. The lowest BCUT2D eigenvalue weighted by molar-refractivity contribution is 0.0715. The minimum absolute atomic E-state index is 0.0288. The highest BCUT2D eigenvalue weighted by atomic mass is 19.1. The van der Waals surface area contributed by atoms with Crippen molar-refractivity contribution in [1.29, 1.82) is 0 Å². The molecule has 2 N–H and O–H groups in total. The zero-order valence-corrected chi connectivity index (χ0v) is 21.2. The fourth-order valence-electron chi connectivity index (χ4n) is 6.46. The summed E-state index contributed by atoms with van der Waals surface area (Å²) in [6.07, 6.45) is 4.50. The van der Waals surface area contributed by atoms with Gasteiger partial charge in [-0.3, -0.25) is 14.0 Å². The summed E-state index contributed by atoms with van der Waals surface area (Å²) in [5, 5.41) is 3.33. The van der Waals surface area contributed by atoms with E-state index in [1.165, 1.54) is 12.1 Å². The van der Waals surface area contributed by atoms with Gasteiger partial charge in [0.25, 0.3) is 11.5 Å². The molecule has 9 heteroatoms. The van der Waals surface area contributed by atoms with E-state index in [1.807, 2.05) is 34.4 Å². The molecular formula is C29H30FN5O3. The number of likely N-dealkylation sites (tertiary alicyclic amines) is 1. The minimum atomic E-state index is -0.286. The summed E-state index contributed by atoms with van der Waals surface area (Å²) in [7, 11) is 0. The zero-order chi connectivity index (χ0) is 26.0. The molecule has 1 aliphatic carbocycles. The summed E-state index contributed by atoms with van der Waals surface area (Å²) >= 11 is 0. The topological polar surface area (TPSA) is 91.7 Å². The van der Waals surface area contributed by atoms with Crippen LogP contribution in [0.1, 0.15) is 46.9 Å². The van der Waals surface area contributed by atoms with Gasteiger partial charge in [-0.2, -0.15) is 0 Å². The van der Waals surface area contributed by atoms with Gasteiger partial charge in [-0.15, -0.1) is 0 Å². The van der Waals surface area contributed by atoms with E-state index in [1.54, 1.807) is 12.3 Å². The molecule has 2 aromatic heterocycles. The van der Waals surface area contributed by atoms with Crippen molar-refractivity contribution in [2.75, 3.05) is 31.6 Å². The highest BCUT2D eigenvalue weighted by Crippen LogP contribution is 2.50. The number of halogens is 1. The highest BCUT2D eigenvalue weighted by Gasteiger charge is 2.53. The molecular weight excluding hydrogens is 485 g/mol. The first-order chi connectivity index (χ1) is 18.5. The lowest BCUT2D eigenvalue weighted by Gasteiger charge is -2.29. The number of amides is 1. The van der Waals surface area contributed by atoms with Crippen LogP contribution in [0.25, 0.3) is 16.6 Å². The number of aromatic nitrogens is 3. The van der Waals surface area contributed by atoms with Crippen LogP contribution in [0.2, 0.25) is 0 Å². The molecule has 3 unspecified atom stereocenters. The van der Waals surface area contributed by atoms with Crippen LogP contribution in [0.5, 0.6) is 0 Å². The molecule has 4 heterocycles. The average Bonchev–Trinajstić information content (AvgIpc) is 3.37. The van der Waals surface area contributed by atoms with Crippen molar-refractivity contribution in [1.82, 2.24) is 19.3 Å². The summed E-state index contributed by atoms with van der Waals surface area (Å²) in [5.41, 5.74) is 3.94. The van der Waals surface area contributed by atoms with Crippen molar-refractivity contribution in [3.63, 3.8) is 0 Å². The SMILES string of the molecule is Cc1cc2c(cc1C(=O)N1CC3CC3C1CNc1cccc(F)c1)[nH]c(=O)c1cnc(C3CCOCC3)n12. The molecule has 4 aromatic rings. The van der Waals surface area contributed by atoms with Crippen LogP contribution in [0.4, 0.5) is 10.1 Å². The van der Waals surface area contributed by atoms with Crippen LogP contribution < -0.4 is 10.9 Å². The van der Waals surface area contributed by atoms with Gasteiger partial charge in [0.15, 0.2) is 0 Å². The molecule has 1 saturated carbocycles. The molecule has 3 fully saturated rings. The van der Waals surface area contributed by atoms with Crippen molar-refractivity contribution >= 4 is 28.1 Å². The third kappa shape index (κ3) is 3.88. The Morgan fingerprint density at radius 1 is 1.21 bits per heavy atom. The molecule has 0 bridgehead atoms. The smallest absolute Gasteiger partial charge is 0.274 e. The molecule has 1 amide bonds. The van der Waals surface area contributed by atoms with E-state index in [-0.39, 0.29) is 29.2 Å². The van der Waals surface area contributed by atoms with Gasteiger partial charge >= 0.3 is 0 Å². The maximum atomic E-state index is 13.9. The summed E-state index contributed by atoms with van der Waals surface area (Å²) < 4.78 is 21.1. The molecule has 3 atom stereocenters. The van der Waals surface area contributed by atoms with E-state index in [0.29, 0.717) is 53.9 Å². The Balaban J connectivity index is 1.22. The van der Waals surface area contributed by atoms with E-state index in [9.17, 15) is 14.0 Å². The Morgan fingerprint density at radius 3 is 2.87 bits per heavy atom. The maximum Gasteiger partial charge on any atom is 0.274 e. The molecule has 0 radical (unpaired) electrons. The summed E-state index contributed by atoms with van der Waals surface area (Å²) in [5.74, 6) is 1.77. The van der Waals surface area contributed by atoms with Crippen molar-refractivity contribution in [3.8, 4) is 0 Å². The fraction of sp³-hybridized carbons (Fsp3) is 0.414. The van der Waals surface area contributed by atoms with Crippen LogP contribution in [0.15, 0.2) is 47.4 Å². The first kappa shape index (κ1) is 23.4. The molecule has 8 nitrogen and oxygen atoms in total. The zero-order valence-electron chi connectivity index (χ0n) is 21.2. The fourth-order valence-corrected chi connectivity index (χ4v) is 6.46. The second-order valence-electron chi connectivity index (χ2n) is 10.9.